The van der Waals surface area contributed by atoms with Gasteiger partial charge in [-0.3, -0.25) is 0 Å². The first-order chi connectivity index (χ1) is 36.2. The minimum absolute atomic E-state index is 0. The SMILES string of the molecule is [B].[W].c1ccc(-c2cccc(-c3cc(-c4cccc(-c5ccccc5)c4)cc(C4(c5cc(-c6cccc(-c7ccccc7)c6)cc(-c6cccc(-c7ccccc7)c6)c5)c5ccccc5-c5ccccc54)c3)c2)cc1. The summed E-state index contributed by atoms with van der Waals surface area (Å²) in [7, 11) is 0. The maximum Gasteiger partial charge on any atom is 0.0714 e. The quantitative estimate of drug-likeness (QED) is 0.120. The van der Waals surface area contributed by atoms with Gasteiger partial charge in [0.25, 0.3) is 0 Å². The summed E-state index contributed by atoms with van der Waals surface area (Å²) in [6.07, 6.45) is 0. The summed E-state index contributed by atoms with van der Waals surface area (Å²) in [6, 6.07) is 112. The monoisotopic (exact) mass is 1120 g/mol. The first-order valence-corrected chi connectivity index (χ1v) is 25.3. The molecule has 0 atom stereocenters. The molecule has 12 aromatic carbocycles. The molecule has 1 aliphatic carbocycles. The second-order valence-electron chi connectivity index (χ2n) is 19.2. The van der Waals surface area contributed by atoms with Crippen LogP contribution in [0, 0.1) is 0 Å². The van der Waals surface area contributed by atoms with Gasteiger partial charge >= 0.3 is 0 Å². The largest absolute Gasteiger partial charge is 0.0714 e. The van der Waals surface area contributed by atoms with Crippen LogP contribution < -0.4 is 0 Å². The molecule has 75 heavy (non-hydrogen) atoms. The van der Waals surface area contributed by atoms with Crippen LogP contribution in [0.25, 0.3) is 100 Å². The van der Waals surface area contributed by atoms with Crippen LogP contribution in [-0.4, -0.2) is 8.41 Å². The average Bonchev–Trinajstić information content (AvgIpc) is 3.83. The predicted molar refractivity (Wildman–Crippen MR) is 313 cm³/mol. The van der Waals surface area contributed by atoms with Crippen molar-refractivity contribution in [3.63, 3.8) is 0 Å². The summed E-state index contributed by atoms with van der Waals surface area (Å²) in [6.45, 7) is 0. The van der Waals surface area contributed by atoms with Crippen LogP contribution in [0.2, 0.25) is 0 Å². The molecular weight excluding hydrogens is 1070 g/mol. The number of fused-ring (bicyclic) bond motifs is 3. The summed E-state index contributed by atoms with van der Waals surface area (Å²) in [4.78, 5) is 0. The van der Waals surface area contributed by atoms with E-state index in [-0.39, 0.29) is 29.5 Å². The fourth-order valence-electron chi connectivity index (χ4n) is 11.4. The summed E-state index contributed by atoms with van der Waals surface area (Å²) in [5, 5.41) is 0. The van der Waals surface area contributed by atoms with Gasteiger partial charge in [0.05, 0.1) is 5.41 Å². The van der Waals surface area contributed by atoms with Gasteiger partial charge in [0.2, 0.25) is 0 Å². The van der Waals surface area contributed by atoms with Gasteiger partial charge < -0.3 is 0 Å². The summed E-state index contributed by atoms with van der Waals surface area (Å²) in [5.41, 5.74) is 25.6. The zero-order valence-electron chi connectivity index (χ0n) is 41.4. The van der Waals surface area contributed by atoms with Gasteiger partial charge in [-0.1, -0.05) is 243 Å². The van der Waals surface area contributed by atoms with E-state index in [0.29, 0.717) is 0 Å². The number of hydrogen-bond acceptors (Lipinski definition) is 0. The molecule has 3 radical (unpaired) electrons. The summed E-state index contributed by atoms with van der Waals surface area (Å²) >= 11 is 0. The van der Waals surface area contributed by atoms with Gasteiger partial charge in [0.15, 0.2) is 0 Å². The van der Waals surface area contributed by atoms with Crippen molar-refractivity contribution in [2.24, 2.45) is 0 Å². The van der Waals surface area contributed by atoms with E-state index >= 15 is 0 Å². The molecule has 0 aliphatic heterocycles. The normalized spacial score (nSPS) is 11.9. The van der Waals surface area contributed by atoms with Crippen molar-refractivity contribution in [2.45, 2.75) is 5.41 Å². The summed E-state index contributed by atoms with van der Waals surface area (Å²) < 4.78 is 0. The Balaban J connectivity index is 0.00000301. The van der Waals surface area contributed by atoms with E-state index in [0.717, 1.165) is 0 Å². The number of rotatable bonds is 10. The van der Waals surface area contributed by atoms with Gasteiger partial charge in [0, 0.05) is 29.5 Å². The number of hydrogen-bond donors (Lipinski definition) is 0. The second-order valence-corrected chi connectivity index (χ2v) is 19.2. The molecule has 0 amide bonds. The Labute approximate surface area is 457 Å². The Morgan fingerprint density at radius 2 is 0.373 bits per heavy atom. The third kappa shape index (κ3) is 9.16. The van der Waals surface area contributed by atoms with Crippen molar-refractivity contribution in [3.05, 3.63) is 326 Å². The summed E-state index contributed by atoms with van der Waals surface area (Å²) in [5.74, 6) is 0. The molecule has 0 fully saturated rings. The molecular formula is C73H50BW. The predicted octanol–water partition coefficient (Wildman–Crippen LogP) is 19.0. The molecule has 0 N–H and O–H groups in total. The van der Waals surface area contributed by atoms with Gasteiger partial charge in [-0.05, 0) is 183 Å². The zero-order valence-corrected chi connectivity index (χ0v) is 44.3. The Morgan fingerprint density at radius 3 is 0.640 bits per heavy atom. The van der Waals surface area contributed by atoms with Gasteiger partial charge in [-0.25, -0.2) is 0 Å². The first-order valence-electron chi connectivity index (χ1n) is 25.3. The molecule has 13 rings (SSSR count). The van der Waals surface area contributed by atoms with Crippen LogP contribution in [0.1, 0.15) is 22.3 Å². The van der Waals surface area contributed by atoms with Crippen molar-refractivity contribution in [3.8, 4) is 100 Å². The molecule has 1 aliphatic rings. The molecule has 0 saturated carbocycles. The van der Waals surface area contributed by atoms with Crippen molar-refractivity contribution in [2.75, 3.05) is 0 Å². The van der Waals surface area contributed by atoms with Crippen LogP contribution in [0.3, 0.4) is 0 Å². The van der Waals surface area contributed by atoms with E-state index in [1.165, 1.54) is 122 Å². The minimum atomic E-state index is -0.731. The van der Waals surface area contributed by atoms with Crippen molar-refractivity contribution < 1.29 is 21.1 Å². The Morgan fingerprint density at radius 1 is 0.173 bits per heavy atom. The Hall–Kier alpha value is -8.61. The standard InChI is InChI=1S/C73H50.B.W/c1-5-21-51(22-6-1)55-29-17-33-59(41-55)63-45-64(60-34-18-30-56(42-60)52-23-7-2-8-24-52)48-67(47-63)73(71-39-15-13-37-69(71)70-38-14-16-40-72(70)73)68-49-65(61-35-19-31-57(43-61)53-25-9-3-10-26-53)46-66(50-68)62-36-20-32-58(44-62)54-27-11-4-12-28-54;;/h1-50H;;. The van der Waals surface area contributed by atoms with Crippen LogP contribution in [0.5, 0.6) is 0 Å². The Bertz CT molecular complexity index is 3490. The van der Waals surface area contributed by atoms with Crippen molar-refractivity contribution in [1.29, 1.82) is 0 Å². The molecule has 0 bridgehead atoms. The fourth-order valence-corrected chi connectivity index (χ4v) is 11.4. The topological polar surface area (TPSA) is 0 Å². The second kappa shape index (κ2) is 21.1. The third-order valence-corrected chi connectivity index (χ3v) is 14.9. The smallest absolute Gasteiger partial charge is 0.0622 e. The van der Waals surface area contributed by atoms with Crippen LogP contribution >= 0.6 is 0 Å². The van der Waals surface area contributed by atoms with E-state index in [9.17, 15) is 0 Å². The van der Waals surface area contributed by atoms with Crippen LogP contribution in [0.4, 0.5) is 0 Å². The van der Waals surface area contributed by atoms with Crippen LogP contribution in [0.15, 0.2) is 303 Å². The molecule has 0 spiro atoms. The fraction of sp³-hybridized carbons (Fsp3) is 0.0137. The van der Waals surface area contributed by atoms with Gasteiger partial charge in [-0.2, -0.15) is 0 Å². The zero-order chi connectivity index (χ0) is 48.6. The molecule has 0 saturated heterocycles. The average molecular weight is 1120 g/mol. The maximum atomic E-state index is 2.49. The van der Waals surface area contributed by atoms with E-state index in [4.69, 9.17) is 0 Å². The van der Waals surface area contributed by atoms with E-state index in [1.807, 2.05) is 0 Å². The molecule has 0 heterocycles. The van der Waals surface area contributed by atoms with Gasteiger partial charge in [-0.15, -0.1) is 0 Å². The van der Waals surface area contributed by atoms with E-state index < -0.39 is 5.41 Å². The maximum absolute atomic E-state index is 2.49. The minimum Gasteiger partial charge on any atom is -0.0622 e. The molecule has 12 aromatic rings. The Kier molecular flexibility index (Phi) is 13.7. The van der Waals surface area contributed by atoms with E-state index in [2.05, 4.69) is 303 Å². The van der Waals surface area contributed by atoms with Crippen LogP contribution in [-0.2, 0) is 26.5 Å². The molecule has 0 aromatic heterocycles. The van der Waals surface area contributed by atoms with Crippen molar-refractivity contribution >= 4 is 8.41 Å². The van der Waals surface area contributed by atoms with E-state index in [1.54, 1.807) is 0 Å². The molecule has 351 valence electrons. The number of benzene rings is 12. The molecule has 0 unspecified atom stereocenters. The molecule has 0 nitrogen and oxygen atoms in total. The molecule has 2 heteroatoms. The first kappa shape index (κ1) is 48.6. The van der Waals surface area contributed by atoms with Gasteiger partial charge in [0.1, 0.15) is 0 Å². The third-order valence-electron chi connectivity index (χ3n) is 14.9. The van der Waals surface area contributed by atoms with Crippen molar-refractivity contribution in [1.82, 2.24) is 0 Å².